The van der Waals surface area contributed by atoms with Crippen LogP contribution in [0.3, 0.4) is 0 Å². The van der Waals surface area contributed by atoms with Crippen LogP contribution in [-0.2, 0) is 9.53 Å². The second-order valence-corrected chi connectivity index (χ2v) is 11.0. The molecule has 1 N–H and O–H groups in total. The number of rotatable bonds is 12. The number of methoxy groups -OCH3 is 1. The minimum atomic E-state index is -0.714. The van der Waals surface area contributed by atoms with Crippen molar-refractivity contribution in [1.82, 2.24) is 15.1 Å². The number of amides is 3. The van der Waals surface area contributed by atoms with Crippen LogP contribution in [0.1, 0.15) is 88.1 Å². The molecular weight excluding hydrogens is 490 g/mol. The van der Waals surface area contributed by atoms with Crippen molar-refractivity contribution in [2.24, 2.45) is 5.41 Å². The number of likely N-dealkylation sites (tertiary alicyclic amines) is 2. The van der Waals surface area contributed by atoms with Crippen LogP contribution >= 0.6 is 0 Å². The first kappa shape index (κ1) is 29.1. The van der Waals surface area contributed by atoms with E-state index in [0.717, 1.165) is 31.5 Å². The largest absolute Gasteiger partial charge is 0.469 e. The van der Waals surface area contributed by atoms with Gasteiger partial charge in [0.05, 0.1) is 18.7 Å². The van der Waals surface area contributed by atoms with Gasteiger partial charge in [0.25, 0.3) is 0 Å². The van der Waals surface area contributed by atoms with E-state index < -0.39 is 17.7 Å². The molecule has 2 saturated heterocycles. The highest BCUT2D eigenvalue weighted by molar-refractivity contribution is 6.03. The number of carbonyl (C=O) groups excluding carboxylic acids is 2. The summed E-state index contributed by atoms with van der Waals surface area (Å²) in [5.41, 5.74) is 2.68. The summed E-state index contributed by atoms with van der Waals surface area (Å²) >= 11 is 0. The Labute approximate surface area is 233 Å². The molecule has 2 aliphatic heterocycles. The summed E-state index contributed by atoms with van der Waals surface area (Å²) in [7, 11) is 1.74. The molecule has 3 atom stereocenters. The van der Waals surface area contributed by atoms with Crippen molar-refractivity contribution in [3.63, 3.8) is 0 Å². The summed E-state index contributed by atoms with van der Waals surface area (Å²) in [5, 5.41) is 3.12. The zero-order chi connectivity index (χ0) is 28.0. The monoisotopic (exact) mass is 535 g/mol. The molecule has 0 spiro atoms. The fourth-order valence-corrected chi connectivity index (χ4v) is 6.05. The van der Waals surface area contributed by atoms with Crippen molar-refractivity contribution in [1.29, 1.82) is 0 Å². The number of benzene rings is 2. The van der Waals surface area contributed by atoms with Crippen molar-refractivity contribution >= 4 is 11.9 Å². The highest BCUT2D eigenvalue weighted by Crippen LogP contribution is 2.46. The smallest absolute Gasteiger partial charge is 0.327 e. The van der Waals surface area contributed by atoms with Crippen molar-refractivity contribution in [2.45, 2.75) is 84.5 Å². The van der Waals surface area contributed by atoms with Gasteiger partial charge >= 0.3 is 6.03 Å². The van der Waals surface area contributed by atoms with Crippen LogP contribution in [0.5, 0.6) is 5.75 Å². The summed E-state index contributed by atoms with van der Waals surface area (Å²) in [6.07, 6.45) is 4.69. The average molecular weight is 536 g/mol. The lowest BCUT2D eigenvalue weighted by atomic mass is 9.72. The van der Waals surface area contributed by atoms with Crippen molar-refractivity contribution in [3.05, 3.63) is 65.2 Å². The van der Waals surface area contributed by atoms with E-state index in [-0.39, 0.29) is 18.0 Å². The number of urea groups is 1. The Hall–Kier alpha value is -2.90. The molecule has 2 fully saturated rings. The standard InChI is InChI=1S/C32H45N3O4/c1-6-11-27(24-14-12-23(4)13-15-24)33-31(37)35-29(36)32(7-2,8-3)30(35)39-26-18-16-25(17-19-26)28(22-38-5)34-20-9-10-21-34/h12-19,27-28,30H,6-11,20-22H2,1-5H3,(H,33,37)/t27-,28-,30+/m1/s1. The number of hydrogen-bond donors (Lipinski definition) is 1. The maximum atomic E-state index is 13.5. The van der Waals surface area contributed by atoms with Gasteiger partial charge in [-0.3, -0.25) is 9.69 Å². The molecule has 0 aliphatic carbocycles. The predicted molar refractivity (Wildman–Crippen MR) is 154 cm³/mol. The molecule has 0 unspecified atom stereocenters. The van der Waals surface area contributed by atoms with E-state index in [1.165, 1.54) is 28.9 Å². The van der Waals surface area contributed by atoms with Crippen LogP contribution in [-0.4, -0.2) is 54.8 Å². The van der Waals surface area contributed by atoms with Crippen molar-refractivity contribution in [2.75, 3.05) is 26.8 Å². The fourth-order valence-electron chi connectivity index (χ4n) is 6.05. The maximum Gasteiger partial charge on any atom is 0.327 e. The molecule has 2 aromatic carbocycles. The average Bonchev–Trinajstić information content (AvgIpc) is 3.48. The summed E-state index contributed by atoms with van der Waals surface area (Å²) in [6.45, 7) is 10.9. The Balaban J connectivity index is 1.52. The SMILES string of the molecule is CCC[C@@H](NC(=O)N1C(=O)C(CC)(CC)[C@@H]1Oc1ccc([C@@H](COC)N2CCCC2)cc1)c1ccc(C)cc1. The van der Waals surface area contributed by atoms with Gasteiger partial charge in [-0.25, -0.2) is 9.69 Å². The molecule has 0 saturated carbocycles. The third kappa shape index (κ3) is 5.99. The van der Waals surface area contributed by atoms with E-state index >= 15 is 0 Å². The second-order valence-electron chi connectivity index (χ2n) is 11.0. The Morgan fingerprint density at radius 3 is 2.18 bits per heavy atom. The topological polar surface area (TPSA) is 71.1 Å². The van der Waals surface area contributed by atoms with E-state index in [0.29, 0.717) is 25.2 Å². The van der Waals surface area contributed by atoms with Gasteiger partial charge in [-0.05, 0) is 75.4 Å². The van der Waals surface area contributed by atoms with Gasteiger partial charge < -0.3 is 14.8 Å². The summed E-state index contributed by atoms with van der Waals surface area (Å²) < 4.78 is 12.0. The van der Waals surface area contributed by atoms with Crippen LogP contribution in [0.15, 0.2) is 48.5 Å². The molecule has 7 nitrogen and oxygen atoms in total. The van der Waals surface area contributed by atoms with Gasteiger partial charge in [0.1, 0.15) is 11.2 Å². The summed E-state index contributed by atoms with van der Waals surface area (Å²) in [4.78, 5) is 30.7. The number of carbonyl (C=O) groups is 2. The van der Waals surface area contributed by atoms with Gasteiger partial charge in [-0.1, -0.05) is 69.2 Å². The van der Waals surface area contributed by atoms with Crippen LogP contribution < -0.4 is 10.1 Å². The molecular formula is C32H45N3O4. The van der Waals surface area contributed by atoms with Crippen LogP contribution in [0.25, 0.3) is 0 Å². The molecule has 0 aromatic heterocycles. The van der Waals surface area contributed by atoms with Crippen molar-refractivity contribution in [3.8, 4) is 5.75 Å². The van der Waals surface area contributed by atoms with Gasteiger partial charge in [0.15, 0.2) is 6.23 Å². The molecule has 2 aromatic rings. The second kappa shape index (κ2) is 13.0. The first-order valence-electron chi connectivity index (χ1n) is 14.6. The lowest BCUT2D eigenvalue weighted by Gasteiger charge is -2.53. The zero-order valence-corrected chi connectivity index (χ0v) is 24.2. The Kier molecular flexibility index (Phi) is 9.67. The fraction of sp³-hybridized carbons (Fsp3) is 0.562. The van der Waals surface area contributed by atoms with E-state index in [2.05, 4.69) is 41.4 Å². The molecule has 39 heavy (non-hydrogen) atoms. The number of nitrogens with one attached hydrogen (secondary N) is 1. The predicted octanol–water partition coefficient (Wildman–Crippen LogP) is 6.38. The summed E-state index contributed by atoms with van der Waals surface area (Å²) in [5.74, 6) is 0.488. The number of ether oxygens (including phenoxy) is 2. The molecule has 2 aliphatic rings. The van der Waals surface area contributed by atoms with Gasteiger partial charge in [0, 0.05) is 7.11 Å². The Morgan fingerprint density at radius 2 is 1.62 bits per heavy atom. The van der Waals surface area contributed by atoms with Crippen LogP contribution in [0.2, 0.25) is 0 Å². The summed E-state index contributed by atoms with van der Waals surface area (Å²) in [6, 6.07) is 15.9. The number of imide groups is 1. The normalized spacial score (nSPS) is 20.4. The third-order valence-electron chi connectivity index (χ3n) is 8.61. The first-order valence-corrected chi connectivity index (χ1v) is 14.6. The lowest BCUT2D eigenvalue weighted by Crippen LogP contribution is -2.73. The number of β-lactam (4-membered cyclic amide) rings is 1. The zero-order valence-electron chi connectivity index (χ0n) is 24.2. The van der Waals surface area contributed by atoms with Gasteiger partial charge in [-0.2, -0.15) is 0 Å². The molecule has 212 valence electrons. The van der Waals surface area contributed by atoms with Crippen LogP contribution in [0.4, 0.5) is 4.79 Å². The Bertz CT molecular complexity index is 1090. The molecule has 0 bridgehead atoms. The van der Waals surface area contributed by atoms with Gasteiger partial charge in [-0.15, -0.1) is 0 Å². The minimum absolute atomic E-state index is 0.167. The lowest BCUT2D eigenvalue weighted by molar-refractivity contribution is -0.191. The molecule has 4 rings (SSSR count). The van der Waals surface area contributed by atoms with E-state index in [4.69, 9.17) is 9.47 Å². The molecule has 3 amide bonds. The highest BCUT2D eigenvalue weighted by atomic mass is 16.5. The molecule has 7 heteroatoms. The maximum absolute atomic E-state index is 13.5. The quantitative estimate of drug-likeness (QED) is 0.319. The van der Waals surface area contributed by atoms with Gasteiger partial charge in [0.2, 0.25) is 5.91 Å². The molecule has 2 heterocycles. The number of nitrogens with zero attached hydrogens (tertiary/aromatic N) is 2. The third-order valence-corrected chi connectivity index (χ3v) is 8.61. The van der Waals surface area contributed by atoms with E-state index in [1.54, 1.807) is 7.11 Å². The van der Waals surface area contributed by atoms with E-state index in [1.807, 2.05) is 45.0 Å². The molecule has 0 radical (unpaired) electrons. The number of hydrogen-bond acceptors (Lipinski definition) is 5. The first-order chi connectivity index (χ1) is 18.9. The minimum Gasteiger partial charge on any atom is -0.469 e. The highest BCUT2D eigenvalue weighted by Gasteiger charge is 2.63. The Morgan fingerprint density at radius 1 is 1.00 bits per heavy atom. The van der Waals surface area contributed by atoms with Crippen LogP contribution in [0, 0.1) is 12.3 Å². The number of aryl methyl sites for hydroxylation is 1. The van der Waals surface area contributed by atoms with Crippen molar-refractivity contribution < 1.29 is 19.1 Å². The van der Waals surface area contributed by atoms with E-state index in [9.17, 15) is 9.59 Å².